The normalized spacial score (nSPS) is 24.0. The highest BCUT2D eigenvalue weighted by molar-refractivity contribution is 5.80. The molecule has 1 aromatic carbocycles. The van der Waals surface area contributed by atoms with Gasteiger partial charge in [0.05, 0.1) is 18.8 Å². The maximum absolute atomic E-state index is 13.1. The maximum Gasteiger partial charge on any atom is 0.320 e. The zero-order valence-corrected chi connectivity index (χ0v) is 18.3. The molecule has 0 saturated carbocycles. The van der Waals surface area contributed by atoms with Crippen LogP contribution in [-0.2, 0) is 20.9 Å². The number of nitrogens with one attached hydrogen (secondary N) is 1. The Morgan fingerprint density at radius 2 is 1.81 bits per heavy atom. The number of aliphatic hydroxyl groups is 1. The standard InChI is InChI=1S/C23H32N4O5/c28-13-12-26(14-17-4-2-1-3-5-17)22(30)18-6-9-25(10-7-18)23(31)27-11-8-20-19(15-27)24-21(29)16-32-20/h1-5,18-20,28H,6-16H2,(H,24,29)/t19-,20?/m1/s1. The van der Waals surface area contributed by atoms with Gasteiger partial charge >= 0.3 is 6.03 Å². The Kier molecular flexibility index (Phi) is 7.26. The van der Waals surface area contributed by atoms with Crippen LogP contribution in [0.25, 0.3) is 0 Å². The molecule has 3 heterocycles. The summed E-state index contributed by atoms with van der Waals surface area (Å²) < 4.78 is 5.57. The topological polar surface area (TPSA) is 102 Å². The largest absolute Gasteiger partial charge is 0.395 e. The first-order valence-electron chi connectivity index (χ1n) is 11.4. The molecule has 3 saturated heterocycles. The molecule has 2 atom stereocenters. The fraction of sp³-hybridized carbons (Fsp3) is 0.609. The lowest BCUT2D eigenvalue weighted by Gasteiger charge is -2.43. The van der Waals surface area contributed by atoms with Gasteiger partial charge in [-0.1, -0.05) is 30.3 Å². The van der Waals surface area contributed by atoms with Crippen molar-refractivity contribution >= 4 is 17.8 Å². The molecule has 0 aromatic heterocycles. The number of nitrogens with zero attached hydrogens (tertiary/aromatic N) is 3. The third kappa shape index (κ3) is 5.21. The second-order valence-electron chi connectivity index (χ2n) is 8.77. The van der Waals surface area contributed by atoms with Gasteiger partial charge in [0, 0.05) is 45.2 Å². The average Bonchev–Trinajstić information content (AvgIpc) is 2.83. The van der Waals surface area contributed by atoms with Gasteiger partial charge in [0.1, 0.15) is 6.61 Å². The monoisotopic (exact) mass is 444 g/mol. The molecule has 0 spiro atoms. The lowest BCUT2D eigenvalue weighted by molar-refractivity contribution is -0.139. The van der Waals surface area contributed by atoms with E-state index in [0.717, 1.165) is 5.56 Å². The van der Waals surface area contributed by atoms with Crippen molar-refractivity contribution in [2.24, 2.45) is 5.92 Å². The van der Waals surface area contributed by atoms with E-state index in [9.17, 15) is 19.5 Å². The van der Waals surface area contributed by atoms with Crippen LogP contribution in [0.15, 0.2) is 30.3 Å². The van der Waals surface area contributed by atoms with E-state index in [1.54, 1.807) is 9.80 Å². The van der Waals surface area contributed by atoms with Gasteiger partial charge in [0.2, 0.25) is 11.8 Å². The van der Waals surface area contributed by atoms with Crippen molar-refractivity contribution in [1.29, 1.82) is 0 Å². The molecule has 174 valence electrons. The number of aliphatic hydroxyl groups excluding tert-OH is 1. The Bertz CT molecular complexity index is 812. The molecule has 4 amide bonds. The van der Waals surface area contributed by atoms with Crippen LogP contribution in [0.3, 0.4) is 0 Å². The molecular formula is C23H32N4O5. The van der Waals surface area contributed by atoms with Crippen molar-refractivity contribution < 1.29 is 24.2 Å². The molecule has 9 nitrogen and oxygen atoms in total. The van der Waals surface area contributed by atoms with Crippen LogP contribution in [-0.4, -0.2) is 95.7 Å². The summed E-state index contributed by atoms with van der Waals surface area (Å²) in [6.45, 7) is 2.91. The summed E-state index contributed by atoms with van der Waals surface area (Å²) in [5.41, 5.74) is 1.03. The number of amides is 4. The van der Waals surface area contributed by atoms with Gasteiger partial charge in [0.15, 0.2) is 0 Å². The Morgan fingerprint density at radius 3 is 2.53 bits per heavy atom. The van der Waals surface area contributed by atoms with Gasteiger partial charge in [-0.15, -0.1) is 0 Å². The zero-order chi connectivity index (χ0) is 22.5. The van der Waals surface area contributed by atoms with Gasteiger partial charge in [-0.05, 0) is 24.8 Å². The molecule has 3 aliphatic rings. The van der Waals surface area contributed by atoms with Gasteiger partial charge in [0.25, 0.3) is 0 Å². The zero-order valence-electron chi connectivity index (χ0n) is 18.3. The van der Waals surface area contributed by atoms with Crippen LogP contribution < -0.4 is 5.32 Å². The predicted molar refractivity (Wildman–Crippen MR) is 116 cm³/mol. The van der Waals surface area contributed by atoms with Gasteiger partial charge < -0.3 is 29.9 Å². The Hall–Kier alpha value is -2.65. The van der Waals surface area contributed by atoms with E-state index in [4.69, 9.17) is 4.74 Å². The summed E-state index contributed by atoms with van der Waals surface area (Å²) in [5.74, 6) is -0.244. The fourth-order valence-corrected chi connectivity index (χ4v) is 4.84. The van der Waals surface area contributed by atoms with Crippen molar-refractivity contribution in [1.82, 2.24) is 20.0 Å². The molecule has 0 bridgehead atoms. The van der Waals surface area contributed by atoms with Crippen LogP contribution in [0.1, 0.15) is 24.8 Å². The summed E-state index contributed by atoms with van der Waals surface area (Å²) in [5, 5.41) is 12.4. The first-order chi connectivity index (χ1) is 15.5. The van der Waals surface area contributed by atoms with E-state index in [0.29, 0.717) is 58.5 Å². The molecular weight excluding hydrogens is 412 g/mol. The van der Waals surface area contributed by atoms with Crippen LogP contribution in [0.4, 0.5) is 4.79 Å². The number of benzene rings is 1. The van der Waals surface area contributed by atoms with Gasteiger partial charge in [-0.2, -0.15) is 0 Å². The molecule has 3 fully saturated rings. The van der Waals surface area contributed by atoms with E-state index in [1.807, 2.05) is 35.2 Å². The average molecular weight is 445 g/mol. The maximum atomic E-state index is 13.1. The number of likely N-dealkylation sites (tertiary alicyclic amines) is 2. The van der Waals surface area contributed by atoms with Crippen LogP contribution in [0.2, 0.25) is 0 Å². The van der Waals surface area contributed by atoms with E-state index in [2.05, 4.69) is 5.32 Å². The first-order valence-corrected chi connectivity index (χ1v) is 11.4. The van der Waals surface area contributed by atoms with E-state index in [1.165, 1.54) is 0 Å². The third-order valence-corrected chi connectivity index (χ3v) is 6.61. The van der Waals surface area contributed by atoms with Crippen molar-refractivity contribution in [3.8, 4) is 0 Å². The molecule has 0 radical (unpaired) electrons. The second kappa shape index (κ2) is 10.3. The highest BCUT2D eigenvalue weighted by Gasteiger charge is 2.38. The second-order valence-corrected chi connectivity index (χ2v) is 8.77. The lowest BCUT2D eigenvalue weighted by atomic mass is 9.95. The summed E-state index contributed by atoms with van der Waals surface area (Å²) >= 11 is 0. The number of carbonyl (C=O) groups excluding carboxylic acids is 3. The lowest BCUT2D eigenvalue weighted by Crippen LogP contribution is -2.62. The van der Waals surface area contributed by atoms with Crippen LogP contribution >= 0.6 is 0 Å². The van der Waals surface area contributed by atoms with E-state index < -0.39 is 0 Å². The number of rotatable bonds is 5. The van der Waals surface area contributed by atoms with Gasteiger partial charge in [-0.3, -0.25) is 9.59 Å². The molecule has 1 aromatic rings. The number of fused-ring (bicyclic) bond motifs is 1. The molecule has 0 aliphatic carbocycles. The molecule has 1 unspecified atom stereocenters. The smallest absolute Gasteiger partial charge is 0.320 e. The number of ether oxygens (including phenoxy) is 1. The summed E-state index contributed by atoms with van der Waals surface area (Å²) in [7, 11) is 0. The van der Waals surface area contributed by atoms with Crippen LogP contribution in [0.5, 0.6) is 0 Å². The molecule has 4 rings (SSSR count). The minimum absolute atomic E-state index is 0.0257. The SMILES string of the molecule is O=C1COC2CCN(C(=O)N3CCC(C(=O)N(CCO)Cc4ccccc4)CC3)C[C@H]2N1. The predicted octanol–water partition coefficient (Wildman–Crippen LogP) is 0.429. The van der Waals surface area contributed by atoms with Gasteiger partial charge in [-0.25, -0.2) is 4.79 Å². The number of carbonyl (C=O) groups is 3. The first kappa shape index (κ1) is 22.5. The highest BCUT2D eigenvalue weighted by Crippen LogP contribution is 2.24. The number of morpholine rings is 1. The van der Waals surface area contributed by atoms with E-state index >= 15 is 0 Å². The van der Waals surface area contributed by atoms with Crippen LogP contribution in [0, 0.1) is 5.92 Å². The summed E-state index contributed by atoms with van der Waals surface area (Å²) in [4.78, 5) is 43.1. The fourth-order valence-electron chi connectivity index (χ4n) is 4.84. The molecule has 3 aliphatic heterocycles. The Labute approximate surface area is 188 Å². The molecule has 2 N–H and O–H groups in total. The highest BCUT2D eigenvalue weighted by atomic mass is 16.5. The summed E-state index contributed by atoms with van der Waals surface area (Å²) in [6.07, 6.45) is 1.91. The Balaban J connectivity index is 1.29. The molecule has 9 heteroatoms. The number of hydrogen-bond acceptors (Lipinski definition) is 5. The van der Waals surface area contributed by atoms with Crippen molar-refractivity contribution in [2.45, 2.75) is 38.0 Å². The number of hydrogen-bond donors (Lipinski definition) is 2. The van der Waals surface area contributed by atoms with E-state index in [-0.39, 0.29) is 49.1 Å². The number of piperidine rings is 2. The van der Waals surface area contributed by atoms with Crippen molar-refractivity contribution in [3.63, 3.8) is 0 Å². The number of urea groups is 1. The minimum Gasteiger partial charge on any atom is -0.395 e. The Morgan fingerprint density at radius 1 is 1.09 bits per heavy atom. The van der Waals surface area contributed by atoms with Crippen molar-refractivity contribution in [3.05, 3.63) is 35.9 Å². The quantitative estimate of drug-likeness (QED) is 0.686. The minimum atomic E-state index is -0.155. The summed E-state index contributed by atoms with van der Waals surface area (Å²) in [6, 6.07) is 9.57. The molecule has 32 heavy (non-hydrogen) atoms. The third-order valence-electron chi connectivity index (χ3n) is 6.61. The van der Waals surface area contributed by atoms with Crippen molar-refractivity contribution in [2.75, 3.05) is 45.9 Å².